The van der Waals surface area contributed by atoms with E-state index < -0.39 is 29.4 Å². The Bertz CT molecular complexity index is 691. The van der Waals surface area contributed by atoms with Crippen LogP contribution in [0.5, 0.6) is 0 Å². The summed E-state index contributed by atoms with van der Waals surface area (Å²) < 4.78 is 40.0. The van der Waals surface area contributed by atoms with E-state index >= 15 is 0 Å². The fourth-order valence-electron chi connectivity index (χ4n) is 1.84. The van der Waals surface area contributed by atoms with Crippen molar-refractivity contribution in [2.75, 3.05) is 0 Å². The number of rotatable bonds is 3. The van der Waals surface area contributed by atoms with Gasteiger partial charge in [-0.1, -0.05) is 0 Å². The number of carbonyl (C=O) groups excluding carboxylic acids is 1. The fraction of sp³-hybridized carbons (Fsp3) is 0.133. The average molecular weight is 358 g/mol. The molecule has 1 amide bonds. The van der Waals surface area contributed by atoms with Crippen molar-refractivity contribution in [1.82, 2.24) is 5.32 Å². The molecule has 0 heterocycles. The third-order valence-electron chi connectivity index (χ3n) is 2.95. The largest absolute Gasteiger partial charge is 0.345 e. The monoisotopic (exact) mass is 357 g/mol. The summed E-state index contributed by atoms with van der Waals surface area (Å²) in [6, 6.07) is 6.08. The highest BCUT2D eigenvalue weighted by Crippen LogP contribution is 2.20. The first kappa shape index (κ1) is 15.6. The topological polar surface area (TPSA) is 29.1 Å². The van der Waals surface area contributed by atoms with Crippen LogP contribution in [-0.4, -0.2) is 5.91 Å². The van der Waals surface area contributed by atoms with E-state index in [2.05, 4.69) is 21.2 Å². The number of hydrogen-bond acceptors (Lipinski definition) is 1. The van der Waals surface area contributed by atoms with Gasteiger partial charge in [-0.2, -0.15) is 0 Å². The fourth-order valence-corrected chi connectivity index (χ4v) is 2.22. The van der Waals surface area contributed by atoms with Gasteiger partial charge in [0.25, 0.3) is 5.91 Å². The molecule has 6 heteroatoms. The Kier molecular flexibility index (Phi) is 4.67. The zero-order valence-electron chi connectivity index (χ0n) is 11.0. The SMILES string of the molecule is CC(NC(=O)c1ccc(F)c(Br)c1)c1cc(F)ccc1F. The van der Waals surface area contributed by atoms with Crippen LogP contribution in [0.1, 0.15) is 28.9 Å². The van der Waals surface area contributed by atoms with E-state index in [4.69, 9.17) is 0 Å². The highest BCUT2D eigenvalue weighted by molar-refractivity contribution is 9.10. The van der Waals surface area contributed by atoms with E-state index in [0.717, 1.165) is 24.3 Å². The normalized spacial score (nSPS) is 12.0. The molecule has 0 aliphatic heterocycles. The standard InChI is InChI=1S/C15H11BrF3NO/c1-8(11-7-10(17)3-5-13(11)18)20-15(21)9-2-4-14(19)12(16)6-9/h2-8H,1H3,(H,20,21). The zero-order chi connectivity index (χ0) is 15.6. The maximum Gasteiger partial charge on any atom is 0.251 e. The molecule has 2 nitrogen and oxygen atoms in total. The van der Waals surface area contributed by atoms with Crippen LogP contribution in [0.15, 0.2) is 40.9 Å². The van der Waals surface area contributed by atoms with Crippen molar-refractivity contribution in [2.24, 2.45) is 0 Å². The molecule has 110 valence electrons. The van der Waals surface area contributed by atoms with E-state index in [-0.39, 0.29) is 15.6 Å². The Labute approximate surface area is 128 Å². The van der Waals surface area contributed by atoms with Crippen molar-refractivity contribution in [1.29, 1.82) is 0 Å². The summed E-state index contributed by atoms with van der Waals surface area (Å²) in [6.07, 6.45) is 0. The lowest BCUT2D eigenvalue weighted by atomic mass is 10.1. The lowest BCUT2D eigenvalue weighted by Crippen LogP contribution is -2.27. The number of hydrogen-bond donors (Lipinski definition) is 1. The van der Waals surface area contributed by atoms with Crippen LogP contribution in [0.2, 0.25) is 0 Å². The molecular formula is C15H11BrF3NO. The number of nitrogens with one attached hydrogen (secondary N) is 1. The molecule has 0 saturated heterocycles. The summed E-state index contributed by atoms with van der Waals surface area (Å²) in [5.41, 5.74) is 0.261. The quantitative estimate of drug-likeness (QED) is 0.868. The third-order valence-corrected chi connectivity index (χ3v) is 3.56. The molecule has 2 aromatic carbocycles. The first-order chi connectivity index (χ1) is 9.88. The van der Waals surface area contributed by atoms with Gasteiger partial charge in [0.2, 0.25) is 0 Å². The molecule has 0 bridgehead atoms. The molecular weight excluding hydrogens is 347 g/mol. The van der Waals surface area contributed by atoms with E-state index in [1.54, 1.807) is 0 Å². The maximum absolute atomic E-state index is 13.6. The minimum absolute atomic E-state index is 0.0459. The first-order valence-corrected chi connectivity index (χ1v) is 6.88. The molecule has 0 fully saturated rings. The van der Waals surface area contributed by atoms with Crippen LogP contribution in [0.4, 0.5) is 13.2 Å². The second kappa shape index (κ2) is 6.30. The van der Waals surface area contributed by atoms with Crippen molar-refractivity contribution in [3.05, 3.63) is 69.4 Å². The molecule has 2 rings (SSSR count). The van der Waals surface area contributed by atoms with Crippen LogP contribution in [0.25, 0.3) is 0 Å². The second-order valence-corrected chi connectivity index (χ2v) is 5.34. The molecule has 1 atom stereocenters. The number of carbonyl (C=O) groups is 1. The van der Waals surface area contributed by atoms with Gasteiger partial charge in [0.1, 0.15) is 17.5 Å². The van der Waals surface area contributed by atoms with Gasteiger partial charge in [0, 0.05) is 11.1 Å². The summed E-state index contributed by atoms with van der Waals surface area (Å²) in [4.78, 5) is 12.0. The predicted octanol–water partition coefficient (Wildman–Crippen LogP) is 4.36. The van der Waals surface area contributed by atoms with E-state index in [1.807, 2.05) is 0 Å². The van der Waals surface area contributed by atoms with E-state index in [1.165, 1.54) is 19.1 Å². The van der Waals surface area contributed by atoms with Crippen molar-refractivity contribution >= 4 is 21.8 Å². The van der Waals surface area contributed by atoms with Crippen LogP contribution in [0.3, 0.4) is 0 Å². The molecule has 21 heavy (non-hydrogen) atoms. The molecule has 1 N–H and O–H groups in total. The molecule has 0 radical (unpaired) electrons. The van der Waals surface area contributed by atoms with Gasteiger partial charge in [-0.3, -0.25) is 4.79 Å². The zero-order valence-corrected chi connectivity index (χ0v) is 12.5. The molecule has 0 aromatic heterocycles. The molecule has 0 spiro atoms. The lowest BCUT2D eigenvalue weighted by molar-refractivity contribution is 0.0939. The molecule has 0 aliphatic rings. The van der Waals surface area contributed by atoms with Crippen molar-refractivity contribution in [3.8, 4) is 0 Å². The van der Waals surface area contributed by atoms with Crippen LogP contribution < -0.4 is 5.32 Å². The Morgan fingerprint density at radius 3 is 2.43 bits per heavy atom. The Morgan fingerprint density at radius 2 is 1.76 bits per heavy atom. The number of amides is 1. The van der Waals surface area contributed by atoms with Gasteiger partial charge >= 0.3 is 0 Å². The first-order valence-electron chi connectivity index (χ1n) is 6.09. The number of benzene rings is 2. The van der Waals surface area contributed by atoms with Gasteiger partial charge in [-0.25, -0.2) is 13.2 Å². The summed E-state index contributed by atoms with van der Waals surface area (Å²) >= 11 is 2.98. The maximum atomic E-state index is 13.6. The van der Waals surface area contributed by atoms with Crippen LogP contribution in [-0.2, 0) is 0 Å². The Morgan fingerprint density at radius 1 is 1.10 bits per heavy atom. The smallest absolute Gasteiger partial charge is 0.251 e. The van der Waals surface area contributed by atoms with Crippen LogP contribution in [0, 0.1) is 17.5 Å². The average Bonchev–Trinajstić information content (AvgIpc) is 2.44. The summed E-state index contributed by atoms with van der Waals surface area (Å²) in [5, 5.41) is 2.54. The van der Waals surface area contributed by atoms with E-state index in [0.29, 0.717) is 0 Å². The van der Waals surface area contributed by atoms with Crippen molar-refractivity contribution in [2.45, 2.75) is 13.0 Å². The van der Waals surface area contributed by atoms with Gasteiger partial charge in [0.15, 0.2) is 0 Å². The highest BCUT2D eigenvalue weighted by atomic mass is 79.9. The van der Waals surface area contributed by atoms with Crippen molar-refractivity contribution < 1.29 is 18.0 Å². The summed E-state index contributed by atoms with van der Waals surface area (Å²) in [5.74, 6) is -2.19. The third kappa shape index (κ3) is 3.64. The minimum atomic E-state index is -0.725. The summed E-state index contributed by atoms with van der Waals surface area (Å²) in [6.45, 7) is 1.54. The van der Waals surface area contributed by atoms with E-state index in [9.17, 15) is 18.0 Å². The second-order valence-electron chi connectivity index (χ2n) is 4.49. The Hall–Kier alpha value is -1.82. The van der Waals surface area contributed by atoms with Crippen molar-refractivity contribution in [3.63, 3.8) is 0 Å². The molecule has 1 unspecified atom stereocenters. The van der Waals surface area contributed by atoms with Gasteiger partial charge in [-0.05, 0) is 59.3 Å². The Balaban J connectivity index is 2.18. The molecule has 0 aliphatic carbocycles. The minimum Gasteiger partial charge on any atom is -0.345 e. The molecule has 0 saturated carbocycles. The van der Waals surface area contributed by atoms with Gasteiger partial charge in [-0.15, -0.1) is 0 Å². The lowest BCUT2D eigenvalue weighted by Gasteiger charge is -2.15. The van der Waals surface area contributed by atoms with Gasteiger partial charge in [0.05, 0.1) is 10.5 Å². The predicted molar refractivity (Wildman–Crippen MR) is 76.3 cm³/mol. The number of halogens is 4. The highest BCUT2D eigenvalue weighted by Gasteiger charge is 2.16. The molecule has 2 aromatic rings. The van der Waals surface area contributed by atoms with Gasteiger partial charge < -0.3 is 5.32 Å². The summed E-state index contributed by atoms with van der Waals surface area (Å²) in [7, 11) is 0. The van der Waals surface area contributed by atoms with Crippen LogP contribution >= 0.6 is 15.9 Å².